The lowest BCUT2D eigenvalue weighted by molar-refractivity contribution is -0.274. The van der Waals surface area contributed by atoms with E-state index in [1.807, 2.05) is 56.3 Å². The number of rotatable bonds is 11. The Hall–Kier alpha value is -3.78. The number of benzene rings is 3. The quantitative estimate of drug-likeness (QED) is 0.171. The van der Waals surface area contributed by atoms with Gasteiger partial charge in [0.25, 0.3) is 0 Å². The summed E-state index contributed by atoms with van der Waals surface area (Å²) in [6.07, 6.45) is 1.30. The molecule has 0 radical (unpaired) electrons. The SMILES string of the molecule is CC(C)C(=O)Nc1cccc(C2CCN(CCCCCc3c(-c4ccccc4)[nH]c4ccc(OC(F)(F)F)cc34)CC2)c1. The van der Waals surface area contributed by atoms with Crippen LogP contribution < -0.4 is 10.1 Å². The summed E-state index contributed by atoms with van der Waals surface area (Å²) >= 11 is 0. The van der Waals surface area contributed by atoms with E-state index >= 15 is 0 Å². The van der Waals surface area contributed by atoms with Crippen LogP contribution in [0.5, 0.6) is 5.75 Å². The number of alkyl halides is 3. The van der Waals surface area contributed by atoms with Gasteiger partial charge in [-0.2, -0.15) is 0 Å². The van der Waals surface area contributed by atoms with Crippen LogP contribution in [0.4, 0.5) is 18.9 Å². The van der Waals surface area contributed by atoms with E-state index in [0.29, 0.717) is 5.92 Å². The predicted octanol–water partition coefficient (Wildman–Crippen LogP) is 8.92. The zero-order valence-corrected chi connectivity index (χ0v) is 24.8. The van der Waals surface area contributed by atoms with E-state index < -0.39 is 6.36 Å². The standard InChI is InChI=1S/C35H40F3N3O2/c1-24(2)34(42)39-28-13-9-12-27(22-28)25-17-20-41(21-18-25)19-8-4-7-14-30-31-23-29(43-35(36,37)38)15-16-32(31)40-33(30)26-10-5-3-6-11-26/h3,5-6,9-13,15-16,22-25,40H,4,7-8,14,17-21H2,1-2H3,(H,39,42). The van der Waals surface area contributed by atoms with Gasteiger partial charge in [0.1, 0.15) is 5.75 Å². The van der Waals surface area contributed by atoms with E-state index in [2.05, 4.69) is 32.1 Å². The Bertz CT molecular complexity index is 1510. The van der Waals surface area contributed by atoms with Crippen LogP contribution in [0.2, 0.25) is 0 Å². The fraction of sp³-hybridized carbons (Fsp3) is 0.400. The number of anilines is 1. The largest absolute Gasteiger partial charge is 0.573 e. The van der Waals surface area contributed by atoms with Crippen LogP contribution in [0.1, 0.15) is 63.0 Å². The fourth-order valence-electron chi connectivity index (χ4n) is 6.00. The molecule has 1 amide bonds. The molecule has 1 aliphatic rings. The lowest BCUT2D eigenvalue weighted by Gasteiger charge is -2.32. The number of amides is 1. The minimum Gasteiger partial charge on any atom is -0.406 e. The van der Waals surface area contributed by atoms with E-state index in [4.69, 9.17) is 0 Å². The van der Waals surface area contributed by atoms with Crippen molar-refractivity contribution in [3.63, 3.8) is 0 Å². The molecule has 0 unspecified atom stereocenters. The van der Waals surface area contributed by atoms with Crippen LogP contribution in [0.3, 0.4) is 0 Å². The number of likely N-dealkylation sites (tertiary alicyclic amines) is 1. The summed E-state index contributed by atoms with van der Waals surface area (Å²) in [5, 5.41) is 3.78. The molecule has 3 aromatic carbocycles. The number of H-pyrrole nitrogens is 1. The summed E-state index contributed by atoms with van der Waals surface area (Å²) in [6, 6.07) is 22.7. The highest BCUT2D eigenvalue weighted by Gasteiger charge is 2.31. The van der Waals surface area contributed by atoms with Crippen LogP contribution in [0.25, 0.3) is 22.2 Å². The molecule has 2 N–H and O–H groups in total. The summed E-state index contributed by atoms with van der Waals surface area (Å²) in [5.74, 6) is 0.283. The molecule has 1 aliphatic heterocycles. The van der Waals surface area contributed by atoms with Gasteiger partial charge < -0.3 is 19.9 Å². The normalized spacial score (nSPS) is 14.8. The van der Waals surface area contributed by atoms with E-state index in [9.17, 15) is 18.0 Å². The van der Waals surface area contributed by atoms with Crippen molar-refractivity contribution in [3.05, 3.63) is 83.9 Å². The second-order valence-corrected chi connectivity index (χ2v) is 11.8. The molecule has 0 aliphatic carbocycles. The average molecular weight is 592 g/mol. The van der Waals surface area contributed by atoms with Gasteiger partial charge in [-0.1, -0.05) is 62.7 Å². The molecule has 0 spiro atoms. The molecule has 0 atom stereocenters. The molecule has 1 aromatic heterocycles. The van der Waals surface area contributed by atoms with Crippen molar-refractivity contribution in [2.45, 2.75) is 64.7 Å². The third-order valence-corrected chi connectivity index (χ3v) is 8.31. The van der Waals surface area contributed by atoms with Gasteiger partial charge in [-0.15, -0.1) is 13.2 Å². The van der Waals surface area contributed by atoms with Crippen molar-refractivity contribution >= 4 is 22.5 Å². The summed E-state index contributed by atoms with van der Waals surface area (Å²) in [7, 11) is 0. The maximum absolute atomic E-state index is 12.9. The monoisotopic (exact) mass is 591 g/mol. The highest BCUT2D eigenvalue weighted by Crippen LogP contribution is 2.35. The first-order valence-electron chi connectivity index (χ1n) is 15.3. The minimum atomic E-state index is -4.73. The first-order valence-corrected chi connectivity index (χ1v) is 15.3. The van der Waals surface area contributed by atoms with E-state index in [0.717, 1.165) is 91.6 Å². The van der Waals surface area contributed by atoms with Gasteiger partial charge in [0.2, 0.25) is 5.91 Å². The Labute approximate surface area is 251 Å². The highest BCUT2D eigenvalue weighted by atomic mass is 19.4. The van der Waals surface area contributed by atoms with Crippen LogP contribution in [-0.2, 0) is 11.2 Å². The number of aromatic amines is 1. The fourth-order valence-corrected chi connectivity index (χ4v) is 6.00. The third kappa shape index (κ3) is 8.20. The van der Waals surface area contributed by atoms with Gasteiger partial charge >= 0.3 is 6.36 Å². The minimum absolute atomic E-state index is 0.0353. The molecule has 43 heavy (non-hydrogen) atoms. The molecule has 1 saturated heterocycles. The van der Waals surface area contributed by atoms with E-state index in [1.54, 1.807) is 6.07 Å². The summed E-state index contributed by atoms with van der Waals surface area (Å²) in [6.45, 7) is 6.93. The number of hydrogen-bond acceptors (Lipinski definition) is 3. The third-order valence-electron chi connectivity index (χ3n) is 8.31. The predicted molar refractivity (Wildman–Crippen MR) is 166 cm³/mol. The summed E-state index contributed by atoms with van der Waals surface area (Å²) in [4.78, 5) is 18.1. The lowest BCUT2D eigenvalue weighted by Crippen LogP contribution is -2.33. The van der Waals surface area contributed by atoms with Crippen molar-refractivity contribution in [1.82, 2.24) is 9.88 Å². The number of aryl methyl sites for hydroxylation is 1. The zero-order chi connectivity index (χ0) is 30.4. The van der Waals surface area contributed by atoms with Crippen molar-refractivity contribution in [1.29, 1.82) is 0 Å². The van der Waals surface area contributed by atoms with Gasteiger partial charge in [0.05, 0.1) is 0 Å². The second kappa shape index (κ2) is 13.7. The number of carbonyl (C=O) groups is 1. The maximum Gasteiger partial charge on any atom is 0.573 e. The smallest absolute Gasteiger partial charge is 0.406 e. The molecule has 5 rings (SSSR count). The summed E-state index contributed by atoms with van der Waals surface area (Å²) < 4.78 is 42.9. The van der Waals surface area contributed by atoms with Crippen molar-refractivity contribution in [2.24, 2.45) is 5.92 Å². The Balaban J connectivity index is 1.14. The maximum atomic E-state index is 12.9. The van der Waals surface area contributed by atoms with Crippen molar-refractivity contribution in [3.8, 4) is 17.0 Å². The van der Waals surface area contributed by atoms with Crippen LogP contribution in [0, 0.1) is 5.92 Å². The molecule has 5 nitrogen and oxygen atoms in total. The first kappa shape index (κ1) is 30.7. The Morgan fingerprint density at radius 3 is 2.47 bits per heavy atom. The van der Waals surface area contributed by atoms with Gasteiger partial charge in [-0.25, -0.2) is 0 Å². The number of unbranched alkanes of at least 4 members (excludes halogenated alkanes) is 2. The number of hydrogen-bond donors (Lipinski definition) is 2. The molecule has 8 heteroatoms. The van der Waals surface area contributed by atoms with Gasteiger partial charge in [-0.05, 0) is 105 Å². The number of aromatic nitrogens is 1. The Kier molecular flexibility index (Phi) is 9.76. The molecule has 1 fully saturated rings. The van der Waals surface area contributed by atoms with Gasteiger partial charge in [0.15, 0.2) is 0 Å². The number of nitrogens with zero attached hydrogens (tertiary/aromatic N) is 1. The average Bonchev–Trinajstić information content (AvgIpc) is 3.34. The number of nitrogens with one attached hydrogen (secondary N) is 2. The van der Waals surface area contributed by atoms with Crippen LogP contribution in [-0.4, -0.2) is 41.8 Å². The Morgan fingerprint density at radius 1 is 0.977 bits per heavy atom. The van der Waals surface area contributed by atoms with Crippen LogP contribution in [0.15, 0.2) is 72.8 Å². The number of fused-ring (bicyclic) bond motifs is 1. The van der Waals surface area contributed by atoms with Crippen molar-refractivity contribution < 1.29 is 22.7 Å². The number of ether oxygens (including phenoxy) is 1. The lowest BCUT2D eigenvalue weighted by atomic mass is 9.89. The second-order valence-electron chi connectivity index (χ2n) is 11.8. The zero-order valence-electron chi connectivity index (χ0n) is 24.8. The number of halogens is 3. The molecular formula is C35H40F3N3O2. The topological polar surface area (TPSA) is 57.4 Å². The molecular weight excluding hydrogens is 551 g/mol. The Morgan fingerprint density at radius 2 is 1.74 bits per heavy atom. The number of piperidine rings is 1. The van der Waals surface area contributed by atoms with Gasteiger partial charge in [0, 0.05) is 28.2 Å². The van der Waals surface area contributed by atoms with Crippen LogP contribution >= 0.6 is 0 Å². The highest BCUT2D eigenvalue weighted by molar-refractivity contribution is 5.92. The van der Waals surface area contributed by atoms with Gasteiger partial charge in [-0.3, -0.25) is 4.79 Å². The molecule has 228 valence electrons. The first-order chi connectivity index (χ1) is 20.7. The van der Waals surface area contributed by atoms with Crippen molar-refractivity contribution in [2.75, 3.05) is 25.0 Å². The molecule has 4 aromatic rings. The number of carbonyl (C=O) groups excluding carboxylic acids is 1. The summed E-state index contributed by atoms with van der Waals surface area (Å²) in [5.41, 5.74) is 5.96. The molecule has 2 heterocycles. The van der Waals surface area contributed by atoms with E-state index in [-0.39, 0.29) is 17.6 Å². The molecule has 0 bridgehead atoms. The molecule has 0 saturated carbocycles. The van der Waals surface area contributed by atoms with E-state index in [1.165, 1.54) is 17.7 Å².